The van der Waals surface area contributed by atoms with Crippen LogP contribution in [0.1, 0.15) is 36.3 Å². The molecule has 1 amide bonds. The number of carbonyl (C=O) groups is 2. The van der Waals surface area contributed by atoms with Crippen LogP contribution in [0.25, 0.3) is 0 Å². The first kappa shape index (κ1) is 18.6. The third-order valence-corrected chi connectivity index (χ3v) is 4.77. The number of aliphatic carboxylic acids is 1. The van der Waals surface area contributed by atoms with Gasteiger partial charge in [0.05, 0.1) is 17.4 Å². The van der Waals surface area contributed by atoms with Gasteiger partial charge in [-0.2, -0.15) is 4.68 Å². The third-order valence-electron chi connectivity index (χ3n) is 4.77. The number of amides is 1. The van der Waals surface area contributed by atoms with Gasteiger partial charge in [-0.15, -0.1) is 0 Å². The summed E-state index contributed by atoms with van der Waals surface area (Å²) in [5.74, 6) is -1.94. The normalized spacial score (nSPS) is 17.0. The highest BCUT2D eigenvalue weighted by Gasteiger charge is 2.28. The number of hydrogen-bond acceptors (Lipinski definition) is 5. The third kappa shape index (κ3) is 4.49. The van der Waals surface area contributed by atoms with Crippen molar-refractivity contribution in [3.05, 3.63) is 57.8 Å². The summed E-state index contributed by atoms with van der Waals surface area (Å²) in [7, 11) is 0. The molecule has 0 saturated carbocycles. The second-order valence-corrected chi connectivity index (χ2v) is 6.61. The summed E-state index contributed by atoms with van der Waals surface area (Å²) in [6.45, 7) is -0.279. The average Bonchev–Trinajstić information content (AvgIpc) is 3.10. The van der Waals surface area contributed by atoms with Crippen LogP contribution >= 0.6 is 0 Å². The minimum Gasteiger partial charge on any atom is -0.480 e. The molecule has 0 spiro atoms. The SMILES string of the molecule is O=C(Cn1ccc([N+](=O)[O-])n1)NC(CC1CCCc2ccccc21)C(=O)O. The molecule has 2 atom stereocenters. The Morgan fingerprint density at radius 3 is 2.85 bits per heavy atom. The Morgan fingerprint density at radius 1 is 1.37 bits per heavy atom. The average molecular weight is 372 g/mol. The lowest BCUT2D eigenvalue weighted by atomic mass is 9.79. The number of carbonyl (C=O) groups excluding carboxylic acids is 1. The van der Waals surface area contributed by atoms with Gasteiger partial charge in [-0.25, -0.2) is 4.79 Å². The van der Waals surface area contributed by atoms with E-state index in [4.69, 9.17) is 0 Å². The first-order chi connectivity index (χ1) is 12.9. The van der Waals surface area contributed by atoms with Crippen LogP contribution in [0.2, 0.25) is 0 Å². The van der Waals surface area contributed by atoms with Crippen molar-refractivity contribution in [1.82, 2.24) is 15.1 Å². The summed E-state index contributed by atoms with van der Waals surface area (Å²) in [5.41, 5.74) is 2.38. The van der Waals surface area contributed by atoms with Crippen molar-refractivity contribution in [2.45, 2.75) is 44.2 Å². The minimum atomic E-state index is -1.10. The first-order valence-electron chi connectivity index (χ1n) is 8.72. The first-order valence-corrected chi connectivity index (χ1v) is 8.72. The number of nitro groups is 1. The lowest BCUT2D eigenvalue weighted by molar-refractivity contribution is -0.389. The summed E-state index contributed by atoms with van der Waals surface area (Å²) in [5, 5.41) is 26.3. The fourth-order valence-corrected chi connectivity index (χ4v) is 3.53. The zero-order chi connectivity index (χ0) is 19.4. The van der Waals surface area contributed by atoms with Gasteiger partial charge in [-0.1, -0.05) is 24.3 Å². The molecule has 142 valence electrons. The lowest BCUT2D eigenvalue weighted by Gasteiger charge is -2.28. The van der Waals surface area contributed by atoms with E-state index in [1.807, 2.05) is 18.2 Å². The fraction of sp³-hybridized carbons (Fsp3) is 0.389. The molecule has 27 heavy (non-hydrogen) atoms. The monoisotopic (exact) mass is 372 g/mol. The second kappa shape index (κ2) is 7.98. The van der Waals surface area contributed by atoms with Crippen LogP contribution in [-0.4, -0.2) is 37.7 Å². The molecule has 0 radical (unpaired) electrons. The minimum absolute atomic E-state index is 0.0714. The zero-order valence-corrected chi connectivity index (χ0v) is 14.6. The predicted octanol–water partition coefficient (Wildman–Crippen LogP) is 1.87. The van der Waals surface area contributed by atoms with E-state index >= 15 is 0 Å². The Hall–Kier alpha value is -3.23. The van der Waals surface area contributed by atoms with Crippen LogP contribution in [0.3, 0.4) is 0 Å². The molecule has 1 aliphatic carbocycles. The van der Waals surface area contributed by atoms with Gasteiger partial charge in [0.25, 0.3) is 0 Å². The molecular weight excluding hydrogens is 352 g/mol. The molecule has 3 rings (SSSR count). The topological polar surface area (TPSA) is 127 Å². The Morgan fingerprint density at radius 2 is 2.15 bits per heavy atom. The number of nitrogens with one attached hydrogen (secondary N) is 1. The van der Waals surface area contributed by atoms with Crippen molar-refractivity contribution in [2.24, 2.45) is 0 Å². The maximum Gasteiger partial charge on any atom is 0.389 e. The standard InChI is InChI=1S/C18H20N4O5/c23-17(11-21-9-8-16(20-21)22(26)27)19-15(18(24)25)10-13-6-3-5-12-4-1-2-7-14(12)13/h1-2,4,7-9,13,15H,3,5-6,10-11H2,(H,19,23)(H,24,25). The Kier molecular flexibility index (Phi) is 5.49. The van der Waals surface area contributed by atoms with Crippen molar-refractivity contribution >= 4 is 17.7 Å². The predicted molar refractivity (Wildman–Crippen MR) is 95.2 cm³/mol. The maximum atomic E-state index is 12.2. The van der Waals surface area contributed by atoms with Crippen molar-refractivity contribution in [1.29, 1.82) is 0 Å². The smallest absolute Gasteiger partial charge is 0.389 e. The number of aromatic nitrogens is 2. The number of carboxylic acid groups (broad SMARTS) is 1. The Bertz CT molecular complexity index is 863. The van der Waals surface area contributed by atoms with Crippen LogP contribution < -0.4 is 5.32 Å². The number of hydrogen-bond donors (Lipinski definition) is 2. The largest absolute Gasteiger partial charge is 0.480 e. The van der Waals surface area contributed by atoms with Gasteiger partial charge in [0, 0.05) is 0 Å². The highest BCUT2D eigenvalue weighted by molar-refractivity contribution is 5.83. The molecule has 9 heteroatoms. The fourth-order valence-electron chi connectivity index (χ4n) is 3.53. The molecule has 0 fully saturated rings. The summed E-state index contributed by atoms with van der Waals surface area (Å²) in [6, 6.07) is 8.14. The van der Waals surface area contributed by atoms with E-state index in [1.165, 1.54) is 17.8 Å². The van der Waals surface area contributed by atoms with Crippen molar-refractivity contribution in [3.63, 3.8) is 0 Å². The number of nitrogens with zero attached hydrogens (tertiary/aromatic N) is 3. The maximum absolute atomic E-state index is 12.2. The molecule has 1 aliphatic rings. The van der Waals surface area contributed by atoms with Gasteiger partial charge in [-0.05, 0) is 47.7 Å². The molecule has 0 bridgehead atoms. The molecule has 1 heterocycles. The number of aryl methyl sites for hydroxylation is 1. The molecule has 0 aliphatic heterocycles. The van der Waals surface area contributed by atoms with Gasteiger partial charge in [0.2, 0.25) is 5.91 Å². The van der Waals surface area contributed by atoms with E-state index in [-0.39, 0.29) is 18.3 Å². The van der Waals surface area contributed by atoms with E-state index in [2.05, 4.69) is 16.5 Å². The quantitative estimate of drug-likeness (QED) is 0.564. The number of fused-ring (bicyclic) bond motifs is 1. The van der Waals surface area contributed by atoms with Crippen LogP contribution in [0, 0.1) is 10.1 Å². The van der Waals surface area contributed by atoms with Crippen molar-refractivity contribution in [2.75, 3.05) is 0 Å². The van der Waals surface area contributed by atoms with Crippen LogP contribution in [0.15, 0.2) is 36.5 Å². The van der Waals surface area contributed by atoms with Gasteiger partial charge >= 0.3 is 11.8 Å². The summed E-state index contributed by atoms with van der Waals surface area (Å²) >= 11 is 0. The molecule has 2 unspecified atom stereocenters. The van der Waals surface area contributed by atoms with E-state index < -0.39 is 22.8 Å². The van der Waals surface area contributed by atoms with Gasteiger partial charge in [-0.3, -0.25) is 4.79 Å². The summed E-state index contributed by atoms with van der Waals surface area (Å²) in [6.07, 6.45) is 4.46. The van der Waals surface area contributed by atoms with E-state index in [9.17, 15) is 24.8 Å². The molecular formula is C18H20N4O5. The molecule has 9 nitrogen and oxygen atoms in total. The van der Waals surface area contributed by atoms with Crippen molar-refractivity contribution < 1.29 is 19.6 Å². The summed E-state index contributed by atoms with van der Waals surface area (Å²) < 4.78 is 1.11. The zero-order valence-electron chi connectivity index (χ0n) is 14.6. The Balaban J connectivity index is 1.65. The lowest BCUT2D eigenvalue weighted by Crippen LogP contribution is -2.43. The summed E-state index contributed by atoms with van der Waals surface area (Å²) in [4.78, 5) is 33.8. The van der Waals surface area contributed by atoms with E-state index in [1.54, 1.807) is 0 Å². The second-order valence-electron chi connectivity index (χ2n) is 6.61. The van der Waals surface area contributed by atoms with E-state index in [0.29, 0.717) is 6.42 Å². The number of benzene rings is 1. The molecule has 2 N–H and O–H groups in total. The van der Waals surface area contributed by atoms with Gasteiger partial charge < -0.3 is 20.5 Å². The number of rotatable bonds is 7. The molecule has 1 aromatic carbocycles. The molecule has 2 aromatic rings. The highest BCUT2D eigenvalue weighted by atomic mass is 16.6. The van der Waals surface area contributed by atoms with Crippen LogP contribution in [0.4, 0.5) is 5.82 Å². The highest BCUT2D eigenvalue weighted by Crippen LogP contribution is 2.34. The van der Waals surface area contributed by atoms with E-state index in [0.717, 1.165) is 29.5 Å². The molecule has 1 aromatic heterocycles. The van der Waals surface area contributed by atoms with Crippen LogP contribution in [-0.2, 0) is 22.6 Å². The number of carboxylic acids is 1. The van der Waals surface area contributed by atoms with Crippen LogP contribution in [0.5, 0.6) is 0 Å². The van der Waals surface area contributed by atoms with Gasteiger partial charge in [0.15, 0.2) is 0 Å². The molecule has 0 saturated heterocycles. The van der Waals surface area contributed by atoms with Crippen molar-refractivity contribution in [3.8, 4) is 0 Å². The van der Waals surface area contributed by atoms with Gasteiger partial charge in [0.1, 0.15) is 12.6 Å². The Labute approximate surface area is 155 Å².